The third kappa shape index (κ3) is 2.46. The highest BCUT2D eigenvalue weighted by molar-refractivity contribution is 9.10. The van der Waals surface area contributed by atoms with Gasteiger partial charge in [-0.15, -0.1) is 0 Å². The number of benzene rings is 1. The van der Waals surface area contributed by atoms with Crippen LogP contribution in [-0.2, 0) is 0 Å². The number of halogens is 1. The van der Waals surface area contributed by atoms with Crippen LogP contribution < -0.4 is 10.6 Å². The maximum Gasteiger partial charge on any atom is 0.126 e. The lowest BCUT2D eigenvalue weighted by Crippen LogP contribution is -2.47. The molecular weight excluding hydrogens is 314 g/mol. The van der Waals surface area contributed by atoms with Crippen LogP contribution in [0.1, 0.15) is 44.1 Å². The number of hydrogen-bond donors (Lipinski definition) is 2. The lowest BCUT2D eigenvalue weighted by molar-refractivity contribution is 0.244. The Morgan fingerprint density at radius 3 is 2.75 bits per heavy atom. The second kappa shape index (κ2) is 5.76. The van der Waals surface area contributed by atoms with E-state index in [1.54, 1.807) is 0 Å². The van der Waals surface area contributed by atoms with Gasteiger partial charge in [0.1, 0.15) is 5.84 Å². The molecule has 0 amide bonds. The smallest absolute Gasteiger partial charge is 0.126 e. The highest BCUT2D eigenvalue weighted by Gasteiger charge is 2.34. The van der Waals surface area contributed by atoms with Crippen molar-refractivity contribution in [3.8, 4) is 0 Å². The number of nitrogen functional groups attached to an aromatic ring is 1. The minimum atomic E-state index is 0.158. The van der Waals surface area contributed by atoms with Crippen LogP contribution in [0.15, 0.2) is 22.7 Å². The molecule has 108 valence electrons. The summed E-state index contributed by atoms with van der Waals surface area (Å²) in [6.07, 6.45) is 7.99. The zero-order valence-corrected chi connectivity index (χ0v) is 13.3. The molecule has 2 unspecified atom stereocenters. The summed E-state index contributed by atoms with van der Waals surface area (Å²) in [4.78, 5) is 2.52. The number of fused-ring (bicyclic) bond motifs is 1. The molecule has 3 rings (SSSR count). The Morgan fingerprint density at radius 2 is 1.95 bits per heavy atom. The summed E-state index contributed by atoms with van der Waals surface area (Å²) in [5.74, 6) is 0.988. The first-order valence-electron chi connectivity index (χ1n) is 7.58. The van der Waals surface area contributed by atoms with Crippen LogP contribution in [0, 0.1) is 11.3 Å². The van der Waals surface area contributed by atoms with Crippen LogP contribution in [0.2, 0.25) is 0 Å². The van der Waals surface area contributed by atoms with E-state index < -0.39 is 0 Å². The monoisotopic (exact) mass is 335 g/mol. The quantitative estimate of drug-likeness (QED) is 0.636. The van der Waals surface area contributed by atoms with Crippen molar-refractivity contribution in [2.75, 3.05) is 11.4 Å². The van der Waals surface area contributed by atoms with Crippen LogP contribution in [0.4, 0.5) is 5.69 Å². The molecule has 3 nitrogen and oxygen atoms in total. The topological polar surface area (TPSA) is 53.1 Å². The van der Waals surface area contributed by atoms with Gasteiger partial charge in [-0.2, -0.15) is 0 Å². The number of piperidine rings is 1. The van der Waals surface area contributed by atoms with Crippen molar-refractivity contribution >= 4 is 27.5 Å². The Hall–Kier alpha value is -1.03. The molecule has 1 saturated heterocycles. The Morgan fingerprint density at radius 1 is 1.20 bits per heavy atom. The standard InChI is InChI=1S/C16H22BrN3/c17-12-7-3-9-14(15(12)16(18)19)20-10-4-6-11-5-1-2-8-13(11)20/h3,7,9,11,13H,1-2,4-6,8,10H2,(H3,18,19). The highest BCUT2D eigenvalue weighted by atomic mass is 79.9. The van der Waals surface area contributed by atoms with Crippen molar-refractivity contribution in [3.05, 3.63) is 28.2 Å². The first kappa shape index (κ1) is 13.9. The molecule has 4 heteroatoms. The summed E-state index contributed by atoms with van der Waals surface area (Å²) in [5.41, 5.74) is 7.82. The minimum Gasteiger partial charge on any atom is -0.384 e. The summed E-state index contributed by atoms with van der Waals surface area (Å²) in [6.45, 7) is 1.10. The Balaban J connectivity index is 1.99. The average molecular weight is 336 g/mol. The van der Waals surface area contributed by atoms with E-state index in [1.165, 1.54) is 38.5 Å². The lowest BCUT2D eigenvalue weighted by atomic mass is 9.78. The van der Waals surface area contributed by atoms with Crippen LogP contribution in [0.25, 0.3) is 0 Å². The van der Waals surface area contributed by atoms with Crippen molar-refractivity contribution in [1.29, 1.82) is 5.41 Å². The molecule has 1 aromatic rings. The van der Waals surface area contributed by atoms with Crippen LogP contribution in [-0.4, -0.2) is 18.4 Å². The zero-order chi connectivity index (χ0) is 14.1. The first-order valence-corrected chi connectivity index (χ1v) is 8.37. The van der Waals surface area contributed by atoms with Gasteiger partial charge in [-0.05, 0) is 59.7 Å². The summed E-state index contributed by atoms with van der Waals surface area (Å²) < 4.78 is 0.931. The van der Waals surface area contributed by atoms with E-state index in [1.807, 2.05) is 6.07 Å². The van der Waals surface area contributed by atoms with E-state index in [-0.39, 0.29) is 5.84 Å². The molecule has 2 atom stereocenters. The fraction of sp³-hybridized carbons (Fsp3) is 0.562. The van der Waals surface area contributed by atoms with E-state index in [4.69, 9.17) is 11.1 Å². The van der Waals surface area contributed by atoms with E-state index in [9.17, 15) is 0 Å². The summed E-state index contributed by atoms with van der Waals surface area (Å²) >= 11 is 3.55. The number of nitrogens with zero attached hydrogens (tertiary/aromatic N) is 1. The molecular formula is C16H22BrN3. The summed E-state index contributed by atoms with van der Waals surface area (Å²) in [6, 6.07) is 6.80. The molecule has 0 radical (unpaired) electrons. The SMILES string of the molecule is N=C(N)c1c(Br)cccc1N1CCCC2CCCCC21. The van der Waals surface area contributed by atoms with Crippen molar-refractivity contribution in [3.63, 3.8) is 0 Å². The van der Waals surface area contributed by atoms with Crippen molar-refractivity contribution in [2.45, 2.75) is 44.6 Å². The molecule has 1 heterocycles. The van der Waals surface area contributed by atoms with Crippen molar-refractivity contribution in [1.82, 2.24) is 0 Å². The molecule has 2 aliphatic rings. The largest absolute Gasteiger partial charge is 0.384 e. The molecule has 20 heavy (non-hydrogen) atoms. The zero-order valence-electron chi connectivity index (χ0n) is 11.7. The fourth-order valence-electron chi connectivity index (χ4n) is 3.94. The second-order valence-corrected chi connectivity index (χ2v) is 6.85. The van der Waals surface area contributed by atoms with E-state index in [2.05, 4.69) is 33.0 Å². The van der Waals surface area contributed by atoms with Gasteiger partial charge in [-0.3, -0.25) is 5.41 Å². The lowest BCUT2D eigenvalue weighted by Gasteiger charge is -2.46. The van der Waals surface area contributed by atoms with Crippen LogP contribution in [0.5, 0.6) is 0 Å². The van der Waals surface area contributed by atoms with E-state index in [0.29, 0.717) is 6.04 Å². The second-order valence-electron chi connectivity index (χ2n) is 6.00. The van der Waals surface area contributed by atoms with Crippen molar-refractivity contribution < 1.29 is 0 Å². The van der Waals surface area contributed by atoms with Gasteiger partial charge in [0.05, 0.1) is 5.56 Å². The van der Waals surface area contributed by atoms with Gasteiger partial charge in [0.15, 0.2) is 0 Å². The van der Waals surface area contributed by atoms with Crippen molar-refractivity contribution in [2.24, 2.45) is 11.7 Å². The van der Waals surface area contributed by atoms with Gasteiger partial charge in [-0.1, -0.05) is 18.9 Å². The normalized spacial score (nSPS) is 26.1. The predicted molar refractivity (Wildman–Crippen MR) is 87.5 cm³/mol. The van der Waals surface area contributed by atoms with Gasteiger partial charge in [0.2, 0.25) is 0 Å². The van der Waals surface area contributed by atoms with Crippen LogP contribution in [0.3, 0.4) is 0 Å². The molecule has 3 N–H and O–H groups in total. The maximum atomic E-state index is 7.89. The molecule has 1 aliphatic carbocycles. The number of hydrogen-bond acceptors (Lipinski definition) is 2. The molecule has 0 aromatic heterocycles. The third-order valence-corrected chi connectivity index (χ3v) is 5.47. The van der Waals surface area contributed by atoms with E-state index in [0.717, 1.165) is 28.2 Å². The number of nitrogens with one attached hydrogen (secondary N) is 1. The first-order chi connectivity index (χ1) is 9.68. The maximum absolute atomic E-state index is 7.89. The number of rotatable bonds is 2. The van der Waals surface area contributed by atoms with Gasteiger partial charge in [0, 0.05) is 22.7 Å². The minimum absolute atomic E-state index is 0.158. The Kier molecular flexibility index (Phi) is 4.01. The molecule has 1 aliphatic heterocycles. The Labute approximate surface area is 129 Å². The summed E-state index contributed by atoms with van der Waals surface area (Å²) in [7, 11) is 0. The highest BCUT2D eigenvalue weighted by Crippen LogP contribution is 2.39. The van der Waals surface area contributed by atoms with E-state index >= 15 is 0 Å². The molecule has 0 bridgehead atoms. The van der Waals surface area contributed by atoms with Gasteiger partial charge in [0.25, 0.3) is 0 Å². The molecule has 0 spiro atoms. The van der Waals surface area contributed by atoms with Gasteiger partial charge < -0.3 is 10.6 Å². The van der Waals surface area contributed by atoms with Gasteiger partial charge >= 0.3 is 0 Å². The third-order valence-electron chi connectivity index (χ3n) is 4.81. The molecule has 1 aromatic carbocycles. The molecule has 1 saturated carbocycles. The van der Waals surface area contributed by atoms with Gasteiger partial charge in [-0.25, -0.2) is 0 Å². The van der Waals surface area contributed by atoms with Crippen LogP contribution >= 0.6 is 15.9 Å². The number of nitrogens with two attached hydrogens (primary N) is 1. The number of anilines is 1. The average Bonchev–Trinajstić information content (AvgIpc) is 2.46. The Bertz CT molecular complexity index is 512. The summed E-state index contributed by atoms with van der Waals surface area (Å²) in [5, 5.41) is 7.89. The predicted octanol–water partition coefficient (Wildman–Crippen LogP) is 3.89. The fourth-order valence-corrected chi connectivity index (χ4v) is 4.51. The number of amidine groups is 1. The molecule has 2 fully saturated rings.